The first-order valence-corrected chi connectivity index (χ1v) is 5.03. The Labute approximate surface area is 93.9 Å². The van der Waals surface area contributed by atoms with Gasteiger partial charge < -0.3 is 9.84 Å². The predicted molar refractivity (Wildman–Crippen MR) is 57.6 cm³/mol. The second kappa shape index (κ2) is 5.61. The van der Waals surface area contributed by atoms with Gasteiger partial charge in [0.1, 0.15) is 5.82 Å². The van der Waals surface area contributed by atoms with Crippen LogP contribution in [-0.4, -0.2) is 18.2 Å². The molecule has 0 spiro atoms. The standard InChI is InChI=1S/C12H15FO3/c1-8(12(14)15)5-9-3-4-11(13)10(6-9)7-16-2/h3-4,6,8H,5,7H2,1-2H3,(H,14,15). The van der Waals surface area contributed by atoms with Crippen LogP contribution < -0.4 is 0 Å². The smallest absolute Gasteiger partial charge is 0.306 e. The first-order chi connectivity index (χ1) is 7.54. The summed E-state index contributed by atoms with van der Waals surface area (Å²) in [6.45, 7) is 1.82. The Balaban J connectivity index is 2.82. The Kier molecular flexibility index (Phi) is 4.43. The molecule has 3 nitrogen and oxygen atoms in total. The molecular formula is C12H15FO3. The summed E-state index contributed by atoms with van der Waals surface area (Å²) in [5.74, 6) is -1.65. The SMILES string of the molecule is COCc1cc(CC(C)C(=O)O)ccc1F. The van der Waals surface area contributed by atoms with Crippen molar-refractivity contribution in [1.82, 2.24) is 0 Å². The van der Waals surface area contributed by atoms with E-state index in [2.05, 4.69) is 0 Å². The Morgan fingerprint density at radius 2 is 2.25 bits per heavy atom. The summed E-state index contributed by atoms with van der Waals surface area (Å²) in [7, 11) is 1.49. The van der Waals surface area contributed by atoms with Gasteiger partial charge in [0.15, 0.2) is 0 Å². The average molecular weight is 226 g/mol. The van der Waals surface area contributed by atoms with Crippen molar-refractivity contribution in [2.45, 2.75) is 20.0 Å². The molecule has 0 fully saturated rings. The minimum absolute atomic E-state index is 0.196. The van der Waals surface area contributed by atoms with Crippen LogP contribution in [0, 0.1) is 11.7 Å². The lowest BCUT2D eigenvalue weighted by atomic mass is 9.99. The van der Waals surface area contributed by atoms with Crippen LogP contribution in [0.1, 0.15) is 18.1 Å². The zero-order valence-corrected chi connectivity index (χ0v) is 9.37. The van der Waals surface area contributed by atoms with Crippen LogP contribution in [0.4, 0.5) is 4.39 Å². The van der Waals surface area contributed by atoms with E-state index in [1.807, 2.05) is 0 Å². The quantitative estimate of drug-likeness (QED) is 0.837. The molecule has 0 aromatic heterocycles. The fourth-order valence-electron chi connectivity index (χ4n) is 1.46. The van der Waals surface area contributed by atoms with E-state index in [9.17, 15) is 9.18 Å². The van der Waals surface area contributed by atoms with Gasteiger partial charge in [0.25, 0.3) is 0 Å². The van der Waals surface area contributed by atoms with Crippen LogP contribution in [-0.2, 0) is 22.6 Å². The molecule has 88 valence electrons. The van der Waals surface area contributed by atoms with Crippen molar-refractivity contribution in [3.05, 3.63) is 35.1 Å². The monoisotopic (exact) mass is 226 g/mol. The highest BCUT2D eigenvalue weighted by atomic mass is 19.1. The van der Waals surface area contributed by atoms with E-state index < -0.39 is 11.9 Å². The molecule has 0 aliphatic carbocycles. The van der Waals surface area contributed by atoms with Gasteiger partial charge in [-0.1, -0.05) is 19.1 Å². The maximum Gasteiger partial charge on any atom is 0.306 e. The van der Waals surface area contributed by atoms with Gasteiger partial charge in [-0.3, -0.25) is 4.79 Å². The van der Waals surface area contributed by atoms with Crippen LogP contribution in [0.3, 0.4) is 0 Å². The van der Waals surface area contributed by atoms with Crippen LogP contribution in [0.15, 0.2) is 18.2 Å². The number of aliphatic carboxylic acids is 1. The predicted octanol–water partition coefficient (Wildman–Crippen LogP) is 2.24. The lowest BCUT2D eigenvalue weighted by Gasteiger charge is -2.08. The lowest BCUT2D eigenvalue weighted by molar-refractivity contribution is -0.141. The van der Waals surface area contributed by atoms with Gasteiger partial charge in [-0.15, -0.1) is 0 Å². The van der Waals surface area contributed by atoms with Gasteiger partial charge in [-0.25, -0.2) is 4.39 Å². The minimum Gasteiger partial charge on any atom is -0.481 e. The van der Waals surface area contributed by atoms with E-state index in [-0.39, 0.29) is 12.4 Å². The maximum atomic E-state index is 13.3. The Morgan fingerprint density at radius 1 is 1.56 bits per heavy atom. The molecule has 1 aromatic carbocycles. The van der Waals surface area contributed by atoms with Crippen molar-refractivity contribution in [3.8, 4) is 0 Å². The Morgan fingerprint density at radius 3 is 2.81 bits per heavy atom. The van der Waals surface area contributed by atoms with E-state index in [1.165, 1.54) is 13.2 Å². The summed E-state index contributed by atoms with van der Waals surface area (Å²) in [5, 5.41) is 8.77. The topological polar surface area (TPSA) is 46.5 Å². The second-order valence-corrected chi connectivity index (χ2v) is 3.80. The number of hydrogen-bond donors (Lipinski definition) is 1. The largest absolute Gasteiger partial charge is 0.481 e. The molecule has 0 heterocycles. The van der Waals surface area contributed by atoms with Crippen LogP contribution >= 0.6 is 0 Å². The van der Waals surface area contributed by atoms with Gasteiger partial charge in [-0.05, 0) is 18.1 Å². The minimum atomic E-state index is -0.849. The van der Waals surface area contributed by atoms with Crippen molar-refractivity contribution in [1.29, 1.82) is 0 Å². The summed E-state index contributed by atoms with van der Waals surface area (Å²) in [6.07, 6.45) is 0.395. The van der Waals surface area contributed by atoms with Gasteiger partial charge in [-0.2, -0.15) is 0 Å². The summed E-state index contributed by atoms with van der Waals surface area (Å²) < 4.78 is 18.1. The van der Waals surface area contributed by atoms with Gasteiger partial charge in [0, 0.05) is 12.7 Å². The molecule has 0 bridgehead atoms. The number of rotatable bonds is 5. The Hall–Kier alpha value is -1.42. The fraction of sp³-hybridized carbons (Fsp3) is 0.417. The van der Waals surface area contributed by atoms with Crippen LogP contribution in [0.5, 0.6) is 0 Å². The molecule has 1 unspecified atom stereocenters. The van der Waals surface area contributed by atoms with E-state index in [0.29, 0.717) is 12.0 Å². The third-order valence-corrected chi connectivity index (χ3v) is 2.37. The van der Waals surface area contributed by atoms with Gasteiger partial charge in [0.05, 0.1) is 12.5 Å². The van der Waals surface area contributed by atoms with Gasteiger partial charge in [0.2, 0.25) is 0 Å². The molecule has 1 N–H and O–H groups in total. The molecule has 1 rings (SSSR count). The van der Waals surface area contributed by atoms with Crippen LogP contribution in [0.2, 0.25) is 0 Å². The zero-order valence-electron chi connectivity index (χ0n) is 9.37. The number of benzene rings is 1. The molecule has 0 saturated carbocycles. The van der Waals surface area contributed by atoms with E-state index in [1.54, 1.807) is 19.1 Å². The summed E-state index contributed by atoms with van der Waals surface area (Å²) in [6, 6.07) is 4.60. The Bertz CT molecular complexity index is 377. The number of ether oxygens (including phenoxy) is 1. The number of halogens is 1. The van der Waals surface area contributed by atoms with Crippen LogP contribution in [0.25, 0.3) is 0 Å². The molecule has 0 saturated heterocycles. The van der Waals surface area contributed by atoms with Crippen molar-refractivity contribution in [2.75, 3.05) is 7.11 Å². The molecular weight excluding hydrogens is 211 g/mol. The number of hydrogen-bond acceptors (Lipinski definition) is 2. The van der Waals surface area contributed by atoms with E-state index in [4.69, 9.17) is 9.84 Å². The molecule has 4 heteroatoms. The zero-order chi connectivity index (χ0) is 12.1. The molecule has 0 aliphatic heterocycles. The first kappa shape index (κ1) is 12.6. The second-order valence-electron chi connectivity index (χ2n) is 3.80. The molecule has 16 heavy (non-hydrogen) atoms. The van der Waals surface area contributed by atoms with Gasteiger partial charge >= 0.3 is 5.97 Å². The highest BCUT2D eigenvalue weighted by Gasteiger charge is 2.12. The third kappa shape index (κ3) is 3.31. The summed E-state index contributed by atoms with van der Waals surface area (Å²) >= 11 is 0. The summed E-state index contributed by atoms with van der Waals surface area (Å²) in [4.78, 5) is 10.7. The van der Waals surface area contributed by atoms with E-state index >= 15 is 0 Å². The molecule has 0 radical (unpaired) electrons. The molecule has 0 amide bonds. The maximum absolute atomic E-state index is 13.3. The summed E-state index contributed by atoms with van der Waals surface area (Å²) in [5.41, 5.74) is 1.26. The van der Waals surface area contributed by atoms with Crippen molar-refractivity contribution in [3.63, 3.8) is 0 Å². The lowest BCUT2D eigenvalue weighted by Crippen LogP contribution is -2.12. The highest BCUT2D eigenvalue weighted by molar-refractivity contribution is 5.69. The number of carboxylic acid groups (broad SMARTS) is 1. The third-order valence-electron chi connectivity index (χ3n) is 2.37. The van der Waals surface area contributed by atoms with E-state index in [0.717, 1.165) is 5.56 Å². The fourth-order valence-corrected chi connectivity index (χ4v) is 1.46. The van der Waals surface area contributed by atoms with Crippen molar-refractivity contribution in [2.24, 2.45) is 5.92 Å². The average Bonchev–Trinajstić information content (AvgIpc) is 2.23. The molecule has 1 atom stereocenters. The highest BCUT2D eigenvalue weighted by Crippen LogP contribution is 2.15. The number of carbonyl (C=O) groups is 1. The first-order valence-electron chi connectivity index (χ1n) is 5.03. The van der Waals surface area contributed by atoms with Crippen molar-refractivity contribution < 1.29 is 19.0 Å². The number of carboxylic acids is 1. The molecule has 0 aliphatic rings. The molecule has 1 aromatic rings. The number of methoxy groups -OCH3 is 1. The normalized spacial score (nSPS) is 12.4. The van der Waals surface area contributed by atoms with Crippen molar-refractivity contribution >= 4 is 5.97 Å².